The van der Waals surface area contributed by atoms with Crippen LogP contribution in [0.4, 0.5) is 13.2 Å². The van der Waals surface area contributed by atoms with E-state index in [1.54, 1.807) is 14.1 Å². The van der Waals surface area contributed by atoms with Crippen LogP contribution in [-0.2, 0) is 4.79 Å². The summed E-state index contributed by atoms with van der Waals surface area (Å²) >= 11 is 0. The molecule has 3 nitrogen and oxygen atoms in total. The van der Waals surface area contributed by atoms with Gasteiger partial charge in [0.25, 0.3) is 0 Å². The van der Waals surface area contributed by atoms with Gasteiger partial charge in [-0.05, 0) is 13.0 Å². The first-order chi connectivity index (χ1) is 6.79. The van der Waals surface area contributed by atoms with Crippen LogP contribution >= 0.6 is 0 Å². The topological polar surface area (TPSA) is 23.6 Å². The van der Waals surface area contributed by atoms with Crippen LogP contribution in [0.2, 0.25) is 0 Å². The number of carbonyl (C=O) groups excluding carboxylic acids is 1. The molecule has 0 saturated carbocycles. The third-order valence-corrected chi connectivity index (χ3v) is 2.47. The number of likely N-dealkylation sites (tertiary alicyclic amines) is 1. The Morgan fingerprint density at radius 3 is 2.53 bits per heavy atom. The molecule has 0 bridgehead atoms. The molecule has 1 fully saturated rings. The Labute approximate surface area is 86.8 Å². The molecule has 1 unspecified atom stereocenters. The minimum Gasteiger partial charge on any atom is -0.349 e. The van der Waals surface area contributed by atoms with Crippen molar-refractivity contribution in [3.8, 4) is 0 Å². The SMILES string of the molecule is CN(C)C(=O)C1CCN(CC(F)(F)F)C1. The third-order valence-electron chi connectivity index (χ3n) is 2.47. The average molecular weight is 224 g/mol. The lowest BCUT2D eigenvalue weighted by Gasteiger charge is -2.19. The van der Waals surface area contributed by atoms with Crippen molar-refractivity contribution in [2.75, 3.05) is 33.7 Å². The zero-order valence-electron chi connectivity index (χ0n) is 8.84. The molecule has 1 amide bonds. The van der Waals surface area contributed by atoms with Gasteiger partial charge in [0.15, 0.2) is 0 Å². The number of carbonyl (C=O) groups is 1. The van der Waals surface area contributed by atoms with Gasteiger partial charge in [0.1, 0.15) is 0 Å². The Hall–Kier alpha value is -0.780. The Morgan fingerprint density at radius 2 is 2.07 bits per heavy atom. The van der Waals surface area contributed by atoms with Crippen LogP contribution in [0.5, 0.6) is 0 Å². The average Bonchev–Trinajstić information content (AvgIpc) is 2.48. The molecule has 1 rings (SSSR count). The number of amides is 1. The molecule has 88 valence electrons. The van der Waals surface area contributed by atoms with Crippen LogP contribution in [0.15, 0.2) is 0 Å². The fourth-order valence-electron chi connectivity index (χ4n) is 1.80. The summed E-state index contributed by atoms with van der Waals surface area (Å²) in [4.78, 5) is 14.2. The summed E-state index contributed by atoms with van der Waals surface area (Å²) in [5, 5.41) is 0. The van der Waals surface area contributed by atoms with Gasteiger partial charge in [-0.2, -0.15) is 13.2 Å². The maximum absolute atomic E-state index is 12.1. The van der Waals surface area contributed by atoms with Crippen molar-refractivity contribution in [3.63, 3.8) is 0 Å². The summed E-state index contributed by atoms with van der Waals surface area (Å²) in [5.74, 6) is -0.359. The molecule has 15 heavy (non-hydrogen) atoms. The van der Waals surface area contributed by atoms with Crippen LogP contribution < -0.4 is 0 Å². The predicted molar refractivity (Wildman–Crippen MR) is 49.3 cm³/mol. The molecule has 6 heteroatoms. The summed E-state index contributed by atoms with van der Waals surface area (Å²) < 4.78 is 36.2. The minimum absolute atomic E-state index is 0.0836. The smallest absolute Gasteiger partial charge is 0.349 e. The van der Waals surface area contributed by atoms with Gasteiger partial charge in [0, 0.05) is 20.6 Å². The van der Waals surface area contributed by atoms with Crippen molar-refractivity contribution < 1.29 is 18.0 Å². The van der Waals surface area contributed by atoms with Crippen molar-refractivity contribution in [3.05, 3.63) is 0 Å². The lowest BCUT2D eigenvalue weighted by molar-refractivity contribution is -0.145. The fourth-order valence-corrected chi connectivity index (χ4v) is 1.80. The van der Waals surface area contributed by atoms with Crippen molar-refractivity contribution in [2.45, 2.75) is 12.6 Å². The van der Waals surface area contributed by atoms with Crippen molar-refractivity contribution in [2.24, 2.45) is 5.92 Å². The zero-order valence-corrected chi connectivity index (χ0v) is 8.84. The Kier molecular flexibility index (Phi) is 3.59. The Balaban J connectivity index is 2.43. The highest BCUT2D eigenvalue weighted by Crippen LogP contribution is 2.23. The van der Waals surface area contributed by atoms with E-state index in [1.165, 1.54) is 9.80 Å². The lowest BCUT2D eigenvalue weighted by Crippen LogP contribution is -2.35. The number of halogens is 3. The Bertz CT molecular complexity index is 240. The van der Waals surface area contributed by atoms with E-state index in [4.69, 9.17) is 0 Å². The van der Waals surface area contributed by atoms with E-state index in [0.717, 1.165) is 0 Å². The summed E-state index contributed by atoms with van der Waals surface area (Å²) in [5.41, 5.74) is 0. The summed E-state index contributed by atoms with van der Waals surface area (Å²) in [6.45, 7) is -0.343. The van der Waals surface area contributed by atoms with Gasteiger partial charge in [-0.1, -0.05) is 0 Å². The second-order valence-electron chi connectivity index (χ2n) is 4.07. The molecule has 1 saturated heterocycles. The van der Waals surface area contributed by atoms with Crippen LogP contribution in [0, 0.1) is 5.92 Å². The number of nitrogens with zero attached hydrogens (tertiary/aromatic N) is 2. The van der Waals surface area contributed by atoms with Crippen molar-refractivity contribution in [1.82, 2.24) is 9.80 Å². The van der Waals surface area contributed by atoms with Gasteiger partial charge in [-0.15, -0.1) is 0 Å². The van der Waals surface area contributed by atoms with E-state index in [0.29, 0.717) is 13.0 Å². The second-order valence-corrected chi connectivity index (χ2v) is 4.07. The molecule has 0 aliphatic carbocycles. The van der Waals surface area contributed by atoms with Gasteiger partial charge in [-0.3, -0.25) is 9.69 Å². The molecule has 0 aromatic heterocycles. The number of rotatable bonds is 2. The molecule has 0 N–H and O–H groups in total. The molecular weight excluding hydrogens is 209 g/mol. The molecule has 1 aliphatic heterocycles. The number of hydrogen-bond donors (Lipinski definition) is 0. The maximum atomic E-state index is 12.1. The van der Waals surface area contributed by atoms with E-state index in [-0.39, 0.29) is 18.4 Å². The molecule has 0 aromatic carbocycles. The molecule has 0 spiro atoms. The van der Waals surface area contributed by atoms with Gasteiger partial charge in [0.05, 0.1) is 12.5 Å². The van der Waals surface area contributed by atoms with Crippen molar-refractivity contribution in [1.29, 1.82) is 0 Å². The zero-order chi connectivity index (χ0) is 11.6. The monoisotopic (exact) mass is 224 g/mol. The van der Waals surface area contributed by atoms with Crippen molar-refractivity contribution >= 4 is 5.91 Å². The summed E-state index contributed by atoms with van der Waals surface area (Å²) in [6, 6.07) is 0. The van der Waals surface area contributed by atoms with Crippen LogP contribution in [0.25, 0.3) is 0 Å². The quantitative estimate of drug-likeness (QED) is 0.697. The van der Waals surface area contributed by atoms with Gasteiger partial charge >= 0.3 is 6.18 Å². The highest BCUT2D eigenvalue weighted by Gasteiger charge is 2.36. The highest BCUT2D eigenvalue weighted by molar-refractivity contribution is 5.78. The van der Waals surface area contributed by atoms with Gasteiger partial charge in [-0.25, -0.2) is 0 Å². The summed E-state index contributed by atoms with van der Waals surface area (Å²) in [6.07, 6.45) is -3.65. The van der Waals surface area contributed by atoms with E-state index >= 15 is 0 Å². The van der Waals surface area contributed by atoms with Gasteiger partial charge in [0.2, 0.25) is 5.91 Å². The van der Waals surface area contributed by atoms with E-state index < -0.39 is 12.7 Å². The summed E-state index contributed by atoms with van der Waals surface area (Å²) in [7, 11) is 3.24. The van der Waals surface area contributed by atoms with Gasteiger partial charge < -0.3 is 4.90 Å². The van der Waals surface area contributed by atoms with Crippen LogP contribution in [0.1, 0.15) is 6.42 Å². The first-order valence-electron chi connectivity index (χ1n) is 4.80. The second kappa shape index (κ2) is 4.38. The minimum atomic E-state index is -4.17. The molecule has 0 aromatic rings. The first-order valence-corrected chi connectivity index (χ1v) is 4.80. The number of alkyl halides is 3. The molecule has 0 radical (unpaired) electrons. The maximum Gasteiger partial charge on any atom is 0.401 e. The normalized spacial score (nSPS) is 23.1. The van der Waals surface area contributed by atoms with E-state index in [1.807, 2.05) is 0 Å². The molecule has 1 atom stereocenters. The first kappa shape index (κ1) is 12.3. The largest absolute Gasteiger partial charge is 0.401 e. The van der Waals surface area contributed by atoms with Crippen LogP contribution in [0.3, 0.4) is 0 Å². The predicted octanol–water partition coefficient (Wildman–Crippen LogP) is 0.959. The van der Waals surface area contributed by atoms with E-state index in [2.05, 4.69) is 0 Å². The third kappa shape index (κ3) is 3.70. The standard InChI is InChI=1S/C9H15F3N2O/c1-13(2)8(15)7-3-4-14(5-7)6-9(10,11)12/h7H,3-6H2,1-2H3. The molecule has 1 heterocycles. The van der Waals surface area contributed by atoms with Crippen LogP contribution in [-0.4, -0.2) is 55.6 Å². The lowest BCUT2D eigenvalue weighted by atomic mass is 10.1. The number of hydrogen-bond acceptors (Lipinski definition) is 2. The molecule has 1 aliphatic rings. The molecular formula is C9H15F3N2O. The van der Waals surface area contributed by atoms with E-state index in [9.17, 15) is 18.0 Å². The fraction of sp³-hybridized carbons (Fsp3) is 0.889. The Morgan fingerprint density at radius 1 is 1.47 bits per heavy atom. The highest BCUT2D eigenvalue weighted by atomic mass is 19.4.